The first kappa shape index (κ1) is 9.32. The van der Waals surface area contributed by atoms with Crippen molar-refractivity contribution in [3.05, 3.63) is 35.4 Å². The van der Waals surface area contributed by atoms with Crippen LogP contribution in [0.4, 0.5) is 0 Å². The van der Waals surface area contributed by atoms with Gasteiger partial charge in [0.25, 0.3) is 0 Å². The van der Waals surface area contributed by atoms with Gasteiger partial charge in [0, 0.05) is 6.54 Å². The zero-order valence-corrected chi connectivity index (χ0v) is 8.72. The molecular weight excluding hydrogens is 205 g/mol. The van der Waals surface area contributed by atoms with Gasteiger partial charge < -0.3 is 0 Å². The van der Waals surface area contributed by atoms with Crippen LogP contribution in [0.1, 0.15) is 17.5 Å². The number of hydrogen-bond donors (Lipinski definition) is 0. The summed E-state index contributed by atoms with van der Waals surface area (Å²) < 4.78 is 1.67. The van der Waals surface area contributed by atoms with Crippen LogP contribution in [0.5, 0.6) is 0 Å². The molecule has 70 valence electrons. The highest BCUT2D eigenvalue weighted by atomic mass is 35.5. The normalized spacial score (nSPS) is 23.7. The van der Waals surface area contributed by atoms with E-state index in [1.54, 1.807) is 4.42 Å². The van der Waals surface area contributed by atoms with Gasteiger partial charge in [0.2, 0.25) is 0 Å². The molecule has 1 aliphatic rings. The molecule has 0 amide bonds. The van der Waals surface area contributed by atoms with Crippen LogP contribution in [-0.4, -0.2) is 9.92 Å². The highest BCUT2D eigenvalue weighted by molar-refractivity contribution is 6.25. The second kappa shape index (κ2) is 3.87. The van der Waals surface area contributed by atoms with Gasteiger partial charge in [-0.25, -0.2) is 0 Å². The van der Waals surface area contributed by atoms with Crippen LogP contribution >= 0.6 is 23.4 Å². The highest BCUT2D eigenvalue weighted by Gasteiger charge is 2.19. The van der Waals surface area contributed by atoms with Crippen molar-refractivity contribution < 1.29 is 0 Å². The lowest BCUT2D eigenvalue weighted by Gasteiger charge is -2.15. The first-order valence-corrected chi connectivity index (χ1v) is 5.18. The second-order valence-electron chi connectivity index (χ2n) is 3.30. The summed E-state index contributed by atoms with van der Waals surface area (Å²) in [4.78, 5) is 0. The van der Waals surface area contributed by atoms with Gasteiger partial charge in [0.1, 0.15) is 0 Å². The molecule has 1 aromatic rings. The Morgan fingerprint density at radius 2 is 1.92 bits per heavy atom. The largest absolute Gasteiger partial charge is 0.198 e. The van der Waals surface area contributed by atoms with Crippen LogP contribution in [-0.2, 0) is 13.0 Å². The predicted molar refractivity (Wildman–Crippen MR) is 55.8 cm³/mol. The standard InChI is InChI=1S/C10H11Cl2N/c11-10-6-5-8-3-1-2-4-9(8)7-13(10)12/h1-4,10H,5-7H2. The monoisotopic (exact) mass is 215 g/mol. The van der Waals surface area contributed by atoms with Crippen molar-refractivity contribution in [2.75, 3.05) is 0 Å². The number of benzene rings is 1. The van der Waals surface area contributed by atoms with E-state index < -0.39 is 0 Å². The second-order valence-corrected chi connectivity index (χ2v) is 4.24. The molecule has 13 heavy (non-hydrogen) atoms. The fourth-order valence-electron chi connectivity index (χ4n) is 1.63. The third kappa shape index (κ3) is 1.98. The Morgan fingerprint density at radius 3 is 2.69 bits per heavy atom. The van der Waals surface area contributed by atoms with Crippen molar-refractivity contribution in [3.63, 3.8) is 0 Å². The fourth-order valence-corrected chi connectivity index (χ4v) is 2.04. The zero-order chi connectivity index (χ0) is 9.26. The number of alkyl halides is 1. The zero-order valence-electron chi connectivity index (χ0n) is 7.21. The summed E-state index contributed by atoms with van der Waals surface area (Å²) in [6.45, 7) is 0.742. The lowest BCUT2D eigenvalue weighted by atomic mass is 10.0. The molecule has 0 saturated carbocycles. The van der Waals surface area contributed by atoms with Gasteiger partial charge in [-0.15, -0.1) is 11.6 Å². The molecule has 1 heterocycles. The van der Waals surface area contributed by atoms with E-state index in [4.69, 9.17) is 23.4 Å². The van der Waals surface area contributed by atoms with E-state index in [0.29, 0.717) is 0 Å². The maximum Gasteiger partial charge on any atom is 0.0996 e. The molecule has 0 saturated heterocycles. The molecule has 2 rings (SSSR count). The van der Waals surface area contributed by atoms with E-state index in [2.05, 4.69) is 18.2 Å². The minimum Gasteiger partial charge on any atom is -0.198 e. The van der Waals surface area contributed by atoms with Crippen molar-refractivity contribution in [1.29, 1.82) is 0 Å². The van der Waals surface area contributed by atoms with Gasteiger partial charge in [-0.1, -0.05) is 24.3 Å². The van der Waals surface area contributed by atoms with Gasteiger partial charge in [0.05, 0.1) is 5.50 Å². The number of rotatable bonds is 0. The van der Waals surface area contributed by atoms with E-state index in [1.807, 2.05) is 6.07 Å². The molecule has 0 fully saturated rings. The molecule has 3 heteroatoms. The first-order chi connectivity index (χ1) is 6.27. The molecule has 1 unspecified atom stereocenters. The van der Waals surface area contributed by atoms with Crippen molar-refractivity contribution in [1.82, 2.24) is 4.42 Å². The topological polar surface area (TPSA) is 3.24 Å². The van der Waals surface area contributed by atoms with Gasteiger partial charge in [0.15, 0.2) is 0 Å². The lowest BCUT2D eigenvalue weighted by molar-refractivity contribution is 0.414. The van der Waals surface area contributed by atoms with Gasteiger partial charge >= 0.3 is 0 Å². The number of hydrogen-bond acceptors (Lipinski definition) is 1. The molecule has 1 atom stereocenters. The summed E-state index contributed by atoms with van der Waals surface area (Å²) in [6, 6.07) is 8.36. The third-order valence-electron chi connectivity index (χ3n) is 2.40. The van der Waals surface area contributed by atoms with Gasteiger partial charge in [-0.3, -0.25) is 0 Å². The number of fused-ring (bicyclic) bond motifs is 1. The van der Waals surface area contributed by atoms with E-state index in [0.717, 1.165) is 19.4 Å². The Balaban J connectivity index is 2.29. The van der Waals surface area contributed by atoms with E-state index in [-0.39, 0.29) is 5.50 Å². The minimum absolute atomic E-state index is 0.0472. The average molecular weight is 216 g/mol. The molecule has 1 nitrogen and oxygen atoms in total. The smallest absolute Gasteiger partial charge is 0.0996 e. The lowest BCUT2D eigenvalue weighted by Crippen LogP contribution is -2.19. The quantitative estimate of drug-likeness (QED) is 0.365. The van der Waals surface area contributed by atoms with Crippen LogP contribution in [0.3, 0.4) is 0 Å². The minimum atomic E-state index is -0.0472. The molecule has 0 aromatic heterocycles. The average Bonchev–Trinajstić information content (AvgIpc) is 2.28. The maximum absolute atomic E-state index is 6.06. The molecule has 0 bridgehead atoms. The Morgan fingerprint density at radius 1 is 1.23 bits per heavy atom. The third-order valence-corrected chi connectivity index (χ3v) is 3.30. The van der Waals surface area contributed by atoms with Crippen LogP contribution < -0.4 is 0 Å². The van der Waals surface area contributed by atoms with Crippen molar-refractivity contribution in [2.24, 2.45) is 0 Å². The molecule has 1 aromatic carbocycles. The van der Waals surface area contributed by atoms with Crippen LogP contribution in [0.25, 0.3) is 0 Å². The summed E-state index contributed by atoms with van der Waals surface area (Å²) in [7, 11) is 0. The molecule has 0 aliphatic carbocycles. The van der Waals surface area contributed by atoms with Crippen LogP contribution in [0, 0.1) is 0 Å². The van der Waals surface area contributed by atoms with Crippen molar-refractivity contribution in [3.8, 4) is 0 Å². The number of halogens is 2. The Labute approximate surface area is 88.4 Å². The van der Waals surface area contributed by atoms with Crippen LogP contribution in [0.2, 0.25) is 0 Å². The number of aryl methyl sites for hydroxylation is 1. The molecule has 1 aliphatic heterocycles. The fraction of sp³-hybridized carbons (Fsp3) is 0.400. The summed E-state index contributed by atoms with van der Waals surface area (Å²) in [5, 5.41) is 0. The Hall–Kier alpha value is -0.240. The van der Waals surface area contributed by atoms with E-state index >= 15 is 0 Å². The summed E-state index contributed by atoms with van der Waals surface area (Å²) in [6.07, 6.45) is 1.94. The number of nitrogens with zero attached hydrogens (tertiary/aromatic N) is 1. The predicted octanol–water partition coefficient (Wildman–Crippen LogP) is 3.15. The SMILES string of the molecule is ClC1CCc2ccccc2CN1Cl. The summed E-state index contributed by atoms with van der Waals surface area (Å²) >= 11 is 12.1. The van der Waals surface area contributed by atoms with Crippen LogP contribution in [0.15, 0.2) is 24.3 Å². The first-order valence-electron chi connectivity index (χ1n) is 4.40. The summed E-state index contributed by atoms with van der Waals surface area (Å²) in [5.74, 6) is 0. The van der Waals surface area contributed by atoms with E-state index in [1.165, 1.54) is 11.1 Å². The Kier molecular flexibility index (Phi) is 2.77. The van der Waals surface area contributed by atoms with Crippen molar-refractivity contribution >= 4 is 23.4 Å². The van der Waals surface area contributed by atoms with Crippen molar-refractivity contribution in [2.45, 2.75) is 24.9 Å². The maximum atomic E-state index is 6.06. The molecular formula is C10H11Cl2N. The van der Waals surface area contributed by atoms with Gasteiger partial charge in [-0.05, 0) is 35.7 Å². The van der Waals surface area contributed by atoms with Gasteiger partial charge in [-0.2, -0.15) is 4.42 Å². The van der Waals surface area contributed by atoms with E-state index in [9.17, 15) is 0 Å². The highest BCUT2D eigenvalue weighted by Crippen LogP contribution is 2.25. The Bertz CT molecular complexity index is 301. The molecule has 0 N–H and O–H groups in total. The molecule has 0 radical (unpaired) electrons. The summed E-state index contributed by atoms with van der Waals surface area (Å²) in [5.41, 5.74) is 2.62. The molecule has 0 spiro atoms.